The Bertz CT molecular complexity index is 713. The maximum Gasteiger partial charge on any atom is 0.0690 e. The number of likely N-dealkylation sites (N-methyl/N-ethyl adjacent to an activating group) is 1. The standard InChI is InChI=1S/C19H21NO/c1-20(2)12-14-7-8-16(11-14)18-10-9-15-5-3-4-6-17(15)19(18)13-21/h3-11,16,21H,12-13H2,1-2H3. The largest absolute Gasteiger partial charge is 0.392 e. The van der Waals surface area contributed by atoms with E-state index in [0.29, 0.717) is 0 Å². The third-order valence-corrected chi connectivity index (χ3v) is 4.00. The predicted molar refractivity (Wildman–Crippen MR) is 88.4 cm³/mol. The van der Waals surface area contributed by atoms with Gasteiger partial charge in [-0.2, -0.15) is 0 Å². The molecule has 1 atom stereocenters. The Morgan fingerprint density at radius 3 is 2.67 bits per heavy atom. The van der Waals surface area contributed by atoms with E-state index in [0.717, 1.165) is 17.5 Å². The average Bonchev–Trinajstić information content (AvgIpc) is 2.93. The van der Waals surface area contributed by atoms with Gasteiger partial charge in [-0.25, -0.2) is 0 Å². The van der Waals surface area contributed by atoms with Gasteiger partial charge in [0.25, 0.3) is 0 Å². The molecule has 0 saturated heterocycles. The molecule has 1 N–H and O–H groups in total. The first-order valence-corrected chi connectivity index (χ1v) is 7.34. The molecule has 108 valence electrons. The number of fused-ring (bicyclic) bond motifs is 1. The summed E-state index contributed by atoms with van der Waals surface area (Å²) < 4.78 is 0. The van der Waals surface area contributed by atoms with Crippen molar-refractivity contribution in [2.75, 3.05) is 20.6 Å². The lowest BCUT2D eigenvalue weighted by Gasteiger charge is -2.15. The molecule has 2 heteroatoms. The van der Waals surface area contributed by atoms with Crippen molar-refractivity contribution in [3.05, 3.63) is 71.3 Å². The molecular formula is C19H21NO. The number of nitrogens with zero attached hydrogens (tertiary/aromatic N) is 1. The van der Waals surface area contributed by atoms with Crippen LogP contribution in [-0.4, -0.2) is 30.6 Å². The Balaban J connectivity index is 2.02. The van der Waals surface area contributed by atoms with Crippen LogP contribution in [0.1, 0.15) is 17.0 Å². The summed E-state index contributed by atoms with van der Waals surface area (Å²) in [5, 5.41) is 12.2. The van der Waals surface area contributed by atoms with E-state index in [2.05, 4.69) is 61.5 Å². The van der Waals surface area contributed by atoms with Gasteiger partial charge in [0.1, 0.15) is 0 Å². The van der Waals surface area contributed by atoms with Gasteiger partial charge in [-0.3, -0.25) is 0 Å². The zero-order valence-corrected chi connectivity index (χ0v) is 12.6. The summed E-state index contributed by atoms with van der Waals surface area (Å²) in [5.41, 5.74) is 3.59. The molecule has 2 nitrogen and oxygen atoms in total. The zero-order valence-electron chi connectivity index (χ0n) is 12.6. The van der Waals surface area contributed by atoms with Crippen LogP contribution in [0.25, 0.3) is 10.8 Å². The highest BCUT2D eigenvalue weighted by Crippen LogP contribution is 2.33. The van der Waals surface area contributed by atoms with Crippen LogP contribution in [0.2, 0.25) is 0 Å². The molecule has 0 fully saturated rings. The lowest BCUT2D eigenvalue weighted by Crippen LogP contribution is -2.13. The van der Waals surface area contributed by atoms with Crippen molar-refractivity contribution in [3.63, 3.8) is 0 Å². The van der Waals surface area contributed by atoms with E-state index in [1.165, 1.54) is 16.5 Å². The molecule has 1 unspecified atom stereocenters. The molecule has 0 spiro atoms. The summed E-state index contributed by atoms with van der Waals surface area (Å²) in [6, 6.07) is 12.5. The molecule has 2 aromatic carbocycles. The summed E-state index contributed by atoms with van der Waals surface area (Å²) >= 11 is 0. The van der Waals surface area contributed by atoms with Crippen LogP contribution in [0.15, 0.2) is 60.2 Å². The van der Waals surface area contributed by atoms with Crippen molar-refractivity contribution in [1.29, 1.82) is 0 Å². The Labute approximate surface area is 126 Å². The third-order valence-electron chi connectivity index (χ3n) is 4.00. The summed E-state index contributed by atoms with van der Waals surface area (Å²) in [4.78, 5) is 2.17. The maximum absolute atomic E-state index is 9.84. The Morgan fingerprint density at radius 1 is 1.10 bits per heavy atom. The molecule has 0 amide bonds. The van der Waals surface area contributed by atoms with E-state index in [9.17, 15) is 5.11 Å². The number of hydrogen-bond donors (Lipinski definition) is 1. The fourth-order valence-electron chi connectivity index (χ4n) is 3.07. The van der Waals surface area contributed by atoms with Gasteiger partial charge in [0.05, 0.1) is 6.61 Å². The summed E-state index contributed by atoms with van der Waals surface area (Å²) in [5.74, 6) is 0.270. The molecule has 0 aromatic heterocycles. The van der Waals surface area contributed by atoms with Gasteiger partial charge in [0.15, 0.2) is 0 Å². The van der Waals surface area contributed by atoms with Gasteiger partial charge < -0.3 is 10.0 Å². The fraction of sp³-hybridized carbons (Fsp3) is 0.263. The van der Waals surface area contributed by atoms with Crippen molar-refractivity contribution in [2.45, 2.75) is 12.5 Å². The minimum absolute atomic E-state index is 0.0812. The average molecular weight is 279 g/mol. The molecule has 1 aliphatic rings. The fourth-order valence-corrected chi connectivity index (χ4v) is 3.07. The van der Waals surface area contributed by atoms with Gasteiger partial charge in [-0.1, -0.05) is 54.6 Å². The van der Waals surface area contributed by atoms with E-state index >= 15 is 0 Å². The molecule has 0 saturated carbocycles. The van der Waals surface area contributed by atoms with Crippen molar-refractivity contribution in [3.8, 4) is 0 Å². The van der Waals surface area contributed by atoms with Crippen LogP contribution in [0.3, 0.4) is 0 Å². The number of allylic oxidation sites excluding steroid dienone is 2. The minimum Gasteiger partial charge on any atom is -0.392 e. The van der Waals surface area contributed by atoms with Crippen molar-refractivity contribution >= 4 is 10.8 Å². The van der Waals surface area contributed by atoms with Gasteiger partial charge in [0, 0.05) is 12.5 Å². The van der Waals surface area contributed by atoms with Crippen LogP contribution in [-0.2, 0) is 6.61 Å². The van der Waals surface area contributed by atoms with Crippen LogP contribution >= 0.6 is 0 Å². The maximum atomic E-state index is 9.84. The predicted octanol–water partition coefficient (Wildman–Crippen LogP) is 3.47. The van der Waals surface area contributed by atoms with Gasteiger partial charge in [-0.15, -0.1) is 0 Å². The van der Waals surface area contributed by atoms with E-state index in [-0.39, 0.29) is 12.5 Å². The normalized spacial score (nSPS) is 17.7. The number of rotatable bonds is 4. The number of aliphatic hydroxyl groups is 1. The molecule has 1 aliphatic carbocycles. The highest BCUT2D eigenvalue weighted by Gasteiger charge is 2.17. The van der Waals surface area contributed by atoms with Crippen molar-refractivity contribution in [2.24, 2.45) is 0 Å². The lowest BCUT2D eigenvalue weighted by atomic mass is 9.91. The second kappa shape index (κ2) is 5.84. The van der Waals surface area contributed by atoms with Crippen LogP contribution < -0.4 is 0 Å². The third kappa shape index (κ3) is 2.78. The first kappa shape index (κ1) is 14.1. The molecule has 0 radical (unpaired) electrons. The second-order valence-electron chi connectivity index (χ2n) is 5.88. The topological polar surface area (TPSA) is 23.5 Å². The lowest BCUT2D eigenvalue weighted by molar-refractivity contribution is 0.282. The van der Waals surface area contributed by atoms with Crippen LogP contribution in [0.4, 0.5) is 0 Å². The van der Waals surface area contributed by atoms with Crippen LogP contribution in [0, 0.1) is 0 Å². The summed E-state index contributed by atoms with van der Waals surface area (Å²) in [6.07, 6.45) is 6.71. The van der Waals surface area contributed by atoms with Gasteiger partial charge >= 0.3 is 0 Å². The summed E-state index contributed by atoms with van der Waals surface area (Å²) in [7, 11) is 4.16. The highest BCUT2D eigenvalue weighted by atomic mass is 16.3. The van der Waals surface area contributed by atoms with E-state index in [4.69, 9.17) is 0 Å². The van der Waals surface area contributed by atoms with E-state index < -0.39 is 0 Å². The minimum atomic E-state index is 0.0812. The number of aliphatic hydroxyl groups excluding tert-OH is 1. The monoisotopic (exact) mass is 279 g/mol. The first-order valence-electron chi connectivity index (χ1n) is 7.34. The molecule has 0 aliphatic heterocycles. The quantitative estimate of drug-likeness (QED) is 0.926. The Hall–Kier alpha value is -1.90. The Kier molecular flexibility index (Phi) is 3.91. The summed E-state index contributed by atoms with van der Waals surface area (Å²) in [6.45, 7) is 1.03. The van der Waals surface area contributed by atoms with Crippen molar-refractivity contribution in [1.82, 2.24) is 4.90 Å². The number of benzene rings is 2. The van der Waals surface area contributed by atoms with E-state index in [1.54, 1.807) is 0 Å². The highest BCUT2D eigenvalue weighted by molar-refractivity contribution is 5.87. The smallest absolute Gasteiger partial charge is 0.0690 e. The van der Waals surface area contributed by atoms with Gasteiger partial charge in [-0.05, 0) is 41.6 Å². The molecule has 21 heavy (non-hydrogen) atoms. The molecule has 0 heterocycles. The second-order valence-corrected chi connectivity index (χ2v) is 5.88. The molecular weight excluding hydrogens is 258 g/mol. The first-order chi connectivity index (χ1) is 10.2. The van der Waals surface area contributed by atoms with Crippen LogP contribution in [0.5, 0.6) is 0 Å². The number of hydrogen-bond acceptors (Lipinski definition) is 2. The zero-order chi connectivity index (χ0) is 14.8. The van der Waals surface area contributed by atoms with E-state index in [1.807, 2.05) is 12.1 Å². The van der Waals surface area contributed by atoms with Gasteiger partial charge in [0.2, 0.25) is 0 Å². The van der Waals surface area contributed by atoms with Crippen molar-refractivity contribution < 1.29 is 5.11 Å². The molecule has 0 bridgehead atoms. The Morgan fingerprint density at radius 2 is 1.90 bits per heavy atom. The molecule has 2 aromatic rings. The SMILES string of the molecule is CN(C)CC1=CC(c2ccc3ccccc3c2CO)C=C1. The molecule has 3 rings (SSSR count).